The molecule has 1 unspecified atom stereocenters. The lowest BCUT2D eigenvalue weighted by atomic mass is 9.41. The van der Waals surface area contributed by atoms with Gasteiger partial charge >= 0.3 is 0 Å². The van der Waals surface area contributed by atoms with Gasteiger partial charge in [0.1, 0.15) is 0 Å². The van der Waals surface area contributed by atoms with Crippen LogP contribution in [0.1, 0.15) is 158 Å². The maximum Gasteiger partial charge on any atom is -0.0264 e. The lowest BCUT2D eigenvalue weighted by Gasteiger charge is -2.64. The van der Waals surface area contributed by atoms with E-state index >= 15 is 0 Å². The van der Waals surface area contributed by atoms with Crippen LogP contribution in [0.4, 0.5) is 0 Å². The number of fused-ring (bicyclic) bond motifs is 5. The third-order valence-corrected chi connectivity index (χ3v) is 15.1. The summed E-state index contributed by atoms with van der Waals surface area (Å²) in [5.41, 5.74) is 2.26. The second-order valence-electron chi connectivity index (χ2n) is 17.3. The molecule has 0 radical (unpaired) electrons. The van der Waals surface area contributed by atoms with Crippen LogP contribution in [0.5, 0.6) is 0 Å². The molecular weight excluding hydrogens is 432 g/mol. The van der Waals surface area contributed by atoms with E-state index in [9.17, 15) is 0 Å². The fourth-order valence-electron chi connectivity index (χ4n) is 11.8. The van der Waals surface area contributed by atoms with Crippen LogP contribution in [-0.4, -0.2) is 0 Å². The van der Waals surface area contributed by atoms with Gasteiger partial charge in [-0.2, -0.15) is 0 Å². The van der Waals surface area contributed by atoms with Crippen LogP contribution in [0.3, 0.4) is 0 Å². The molecule has 5 rings (SSSR count). The first kappa shape index (κ1) is 27.6. The van der Waals surface area contributed by atoms with Crippen molar-refractivity contribution in [2.75, 3.05) is 0 Å². The van der Waals surface area contributed by atoms with Gasteiger partial charge in [0.15, 0.2) is 0 Å². The molecule has 0 aromatic carbocycles. The summed E-state index contributed by atoms with van der Waals surface area (Å²) in [6.45, 7) is 21.0. The maximum absolute atomic E-state index is 2.79. The van der Waals surface area contributed by atoms with E-state index in [0.29, 0.717) is 21.7 Å². The molecule has 0 heterocycles. The molecule has 0 N–H and O–H groups in total. The Morgan fingerprint density at radius 2 is 1.33 bits per heavy atom. The molecule has 0 saturated heterocycles. The second kappa shape index (κ2) is 9.88. The summed E-state index contributed by atoms with van der Waals surface area (Å²) in [4.78, 5) is 0. The SMILES string of the molecule is CC(CC[C@@H](C)[C@H]1CC[C@H]2[C@@H]3CC[C@H]4C[C@](C)(C(C)(C)C)CC[C@]4(C)[C@H]3CC[C@]12C)C1CCCCC1. The van der Waals surface area contributed by atoms with Crippen molar-refractivity contribution in [3.05, 3.63) is 0 Å². The Morgan fingerprint density at radius 3 is 2.03 bits per heavy atom. The zero-order valence-electron chi connectivity index (χ0n) is 25.9. The first-order valence-electron chi connectivity index (χ1n) is 16.9. The van der Waals surface area contributed by atoms with Crippen molar-refractivity contribution in [1.82, 2.24) is 0 Å². The third-order valence-electron chi connectivity index (χ3n) is 15.1. The molecule has 5 fully saturated rings. The van der Waals surface area contributed by atoms with Crippen LogP contribution in [0.15, 0.2) is 0 Å². The Labute approximate surface area is 226 Å². The monoisotopic (exact) mass is 497 g/mol. The molecule has 36 heavy (non-hydrogen) atoms. The Morgan fingerprint density at radius 1 is 0.667 bits per heavy atom. The van der Waals surface area contributed by atoms with Crippen LogP contribution in [0.25, 0.3) is 0 Å². The summed E-state index contributed by atoms with van der Waals surface area (Å²) >= 11 is 0. The van der Waals surface area contributed by atoms with Crippen molar-refractivity contribution in [2.24, 2.45) is 69.0 Å². The summed E-state index contributed by atoms with van der Waals surface area (Å²) in [6, 6.07) is 0. The highest BCUT2D eigenvalue weighted by Crippen LogP contribution is 2.70. The number of rotatable bonds is 5. The quantitative estimate of drug-likeness (QED) is 0.355. The van der Waals surface area contributed by atoms with E-state index in [1.807, 2.05) is 0 Å². The summed E-state index contributed by atoms with van der Waals surface area (Å²) in [5, 5.41) is 0. The normalized spacial score (nSPS) is 47.5. The molecule has 5 saturated carbocycles. The van der Waals surface area contributed by atoms with E-state index in [1.165, 1.54) is 70.6 Å². The first-order valence-corrected chi connectivity index (χ1v) is 16.9. The molecular formula is C36H64. The van der Waals surface area contributed by atoms with Crippen LogP contribution < -0.4 is 0 Å². The topological polar surface area (TPSA) is 0 Å². The molecule has 208 valence electrons. The predicted molar refractivity (Wildman–Crippen MR) is 157 cm³/mol. The molecule has 10 atom stereocenters. The minimum atomic E-state index is 0.444. The summed E-state index contributed by atoms with van der Waals surface area (Å²) in [7, 11) is 0. The molecule has 0 amide bonds. The van der Waals surface area contributed by atoms with Gasteiger partial charge in [-0.1, -0.05) is 100 Å². The standard InChI is InChI=1S/C36H64/c1-25(27-12-10-9-11-13-27)14-15-26(2)30-18-19-31-29-17-16-28-24-34(6,33(3,4)5)22-23-35(28,7)32(29)20-21-36(30,31)8/h25-32H,9-24H2,1-8H3/t25?,26-,28+,29+,30-,31+,32+,34-,35+,36-/m1/s1. The zero-order valence-corrected chi connectivity index (χ0v) is 25.9. The van der Waals surface area contributed by atoms with E-state index < -0.39 is 0 Å². The molecule has 0 bridgehead atoms. The van der Waals surface area contributed by atoms with Crippen molar-refractivity contribution in [1.29, 1.82) is 0 Å². The maximum atomic E-state index is 2.79. The van der Waals surface area contributed by atoms with Crippen molar-refractivity contribution < 1.29 is 0 Å². The average molecular weight is 497 g/mol. The van der Waals surface area contributed by atoms with E-state index in [-0.39, 0.29) is 0 Å². The molecule has 0 aromatic heterocycles. The molecule has 0 spiro atoms. The molecule has 5 aliphatic rings. The number of hydrogen-bond donors (Lipinski definition) is 0. The average Bonchev–Trinajstić information content (AvgIpc) is 3.20. The van der Waals surface area contributed by atoms with Gasteiger partial charge in [0.2, 0.25) is 0 Å². The van der Waals surface area contributed by atoms with Gasteiger partial charge in [0, 0.05) is 0 Å². The Balaban J connectivity index is 1.23. The minimum absolute atomic E-state index is 0.444. The van der Waals surface area contributed by atoms with Crippen LogP contribution in [0.2, 0.25) is 0 Å². The first-order chi connectivity index (χ1) is 16.9. The Bertz CT molecular complexity index is 752. The van der Waals surface area contributed by atoms with E-state index in [1.54, 1.807) is 32.1 Å². The summed E-state index contributed by atoms with van der Waals surface area (Å²) < 4.78 is 0. The van der Waals surface area contributed by atoms with E-state index in [2.05, 4.69) is 55.4 Å². The largest absolute Gasteiger partial charge is 0.0622 e. The van der Waals surface area contributed by atoms with Crippen molar-refractivity contribution in [3.8, 4) is 0 Å². The van der Waals surface area contributed by atoms with Gasteiger partial charge < -0.3 is 0 Å². The van der Waals surface area contributed by atoms with Crippen molar-refractivity contribution in [2.45, 2.75) is 158 Å². The second-order valence-corrected chi connectivity index (χ2v) is 17.3. The van der Waals surface area contributed by atoms with Crippen molar-refractivity contribution in [3.63, 3.8) is 0 Å². The van der Waals surface area contributed by atoms with Gasteiger partial charge in [-0.15, -0.1) is 0 Å². The minimum Gasteiger partial charge on any atom is -0.0622 e. The fraction of sp³-hybridized carbons (Fsp3) is 1.00. The highest BCUT2D eigenvalue weighted by atomic mass is 14.7. The molecule has 5 aliphatic carbocycles. The third kappa shape index (κ3) is 4.57. The fourth-order valence-corrected chi connectivity index (χ4v) is 11.8. The Hall–Kier alpha value is 0. The number of hydrogen-bond acceptors (Lipinski definition) is 0. The molecule has 0 nitrogen and oxygen atoms in total. The highest BCUT2D eigenvalue weighted by molar-refractivity contribution is 5.11. The predicted octanol–water partition coefficient (Wildman–Crippen LogP) is 11.3. The summed E-state index contributed by atoms with van der Waals surface area (Å²) in [6.07, 6.45) is 24.3. The van der Waals surface area contributed by atoms with Gasteiger partial charge in [0.05, 0.1) is 0 Å². The lowest BCUT2D eigenvalue weighted by Crippen LogP contribution is -2.55. The Kier molecular flexibility index (Phi) is 7.56. The van der Waals surface area contributed by atoms with Gasteiger partial charge in [-0.3, -0.25) is 0 Å². The van der Waals surface area contributed by atoms with E-state index in [4.69, 9.17) is 0 Å². The molecule has 0 aromatic rings. The van der Waals surface area contributed by atoms with E-state index in [0.717, 1.165) is 47.3 Å². The van der Waals surface area contributed by atoms with Gasteiger partial charge in [0.25, 0.3) is 0 Å². The highest BCUT2D eigenvalue weighted by Gasteiger charge is 2.62. The smallest absolute Gasteiger partial charge is 0.0264 e. The zero-order chi connectivity index (χ0) is 25.9. The van der Waals surface area contributed by atoms with Crippen LogP contribution >= 0.6 is 0 Å². The van der Waals surface area contributed by atoms with Crippen LogP contribution in [0, 0.1) is 69.0 Å². The molecule has 0 heteroatoms. The van der Waals surface area contributed by atoms with Gasteiger partial charge in [-0.05, 0) is 127 Å². The van der Waals surface area contributed by atoms with Gasteiger partial charge in [-0.25, -0.2) is 0 Å². The van der Waals surface area contributed by atoms with Crippen LogP contribution in [-0.2, 0) is 0 Å². The summed E-state index contributed by atoms with van der Waals surface area (Å²) in [5.74, 6) is 8.04. The molecule has 0 aliphatic heterocycles. The van der Waals surface area contributed by atoms with Crippen molar-refractivity contribution >= 4 is 0 Å². The lowest BCUT2D eigenvalue weighted by molar-refractivity contribution is -0.145.